The van der Waals surface area contributed by atoms with E-state index in [0.717, 1.165) is 17.3 Å². The van der Waals surface area contributed by atoms with Crippen molar-refractivity contribution in [3.8, 4) is 11.5 Å². The molecule has 1 N–H and O–H groups in total. The Morgan fingerprint density at radius 2 is 1.90 bits per heavy atom. The van der Waals surface area contributed by atoms with Gasteiger partial charge >= 0.3 is 17.3 Å². The van der Waals surface area contributed by atoms with Gasteiger partial charge in [-0.05, 0) is 35.9 Å². The first kappa shape index (κ1) is 22.5. The van der Waals surface area contributed by atoms with Gasteiger partial charge in [-0.1, -0.05) is 23.9 Å². The first-order valence-corrected chi connectivity index (χ1v) is 9.91. The molecular weight excluding hydrogens is 435 g/mol. The lowest BCUT2D eigenvalue weighted by atomic mass is 10.1. The molecule has 0 bridgehead atoms. The van der Waals surface area contributed by atoms with E-state index in [2.05, 4.69) is 5.10 Å². The van der Waals surface area contributed by atoms with Gasteiger partial charge in [0.05, 0.1) is 26.5 Å². The number of carbonyl (C=O) groups excluding carboxylic acids is 2. The molecular formula is C20H18F3N3O4S. The zero-order valence-corrected chi connectivity index (χ0v) is 17.3. The predicted octanol–water partition coefficient (Wildman–Crippen LogP) is 4.28. The Labute approximate surface area is 180 Å². The van der Waals surface area contributed by atoms with Crippen LogP contribution in [0.5, 0.6) is 11.5 Å². The maximum Gasteiger partial charge on any atom is 0.471 e. The number of methoxy groups -OCH3 is 2. The highest BCUT2D eigenvalue weighted by Gasteiger charge is 2.38. The van der Waals surface area contributed by atoms with E-state index in [-0.39, 0.29) is 17.5 Å². The second-order valence-corrected chi connectivity index (χ2v) is 7.31. The predicted molar refractivity (Wildman–Crippen MR) is 111 cm³/mol. The van der Waals surface area contributed by atoms with Crippen molar-refractivity contribution >= 4 is 34.3 Å². The summed E-state index contributed by atoms with van der Waals surface area (Å²) in [6.07, 6.45) is -4.99. The topological polar surface area (TPSA) is 80.2 Å². The molecule has 0 atom stereocenters. The van der Waals surface area contributed by atoms with Crippen LogP contribution in [-0.4, -0.2) is 48.0 Å². The lowest BCUT2D eigenvalue weighted by Crippen LogP contribution is -2.30. The van der Waals surface area contributed by atoms with Crippen molar-refractivity contribution in [3.63, 3.8) is 0 Å². The van der Waals surface area contributed by atoms with E-state index < -0.39 is 12.1 Å². The van der Waals surface area contributed by atoms with Crippen LogP contribution in [-0.2, 0) is 11.3 Å². The number of carbonyl (C=O) groups is 2. The van der Waals surface area contributed by atoms with Gasteiger partial charge in [-0.2, -0.15) is 18.3 Å². The van der Waals surface area contributed by atoms with Crippen LogP contribution in [0.2, 0.25) is 0 Å². The summed E-state index contributed by atoms with van der Waals surface area (Å²) in [6, 6.07) is 11.1. The molecule has 7 nitrogen and oxygen atoms in total. The normalized spacial score (nSPS) is 14.2. The summed E-state index contributed by atoms with van der Waals surface area (Å²) in [5.41, 5.74) is 1.85. The molecule has 1 heterocycles. The van der Waals surface area contributed by atoms with E-state index in [9.17, 15) is 22.8 Å². The number of hydrazone groups is 1. The number of nitrogens with zero attached hydrogens (tertiary/aromatic N) is 2. The maximum absolute atomic E-state index is 12.5. The van der Waals surface area contributed by atoms with Crippen molar-refractivity contribution in [2.45, 2.75) is 12.7 Å². The van der Waals surface area contributed by atoms with E-state index in [1.165, 1.54) is 37.4 Å². The number of hydrogen-bond donors (Lipinski definition) is 1. The third-order valence-corrected chi connectivity index (χ3v) is 5.15. The van der Waals surface area contributed by atoms with Crippen molar-refractivity contribution in [2.75, 3.05) is 25.3 Å². The van der Waals surface area contributed by atoms with E-state index in [4.69, 9.17) is 9.47 Å². The number of hydrogen-bond acceptors (Lipinski definition) is 6. The van der Waals surface area contributed by atoms with Gasteiger partial charge in [-0.3, -0.25) is 9.59 Å². The number of rotatable bonds is 6. The molecule has 11 heteroatoms. The average molecular weight is 453 g/mol. The second kappa shape index (κ2) is 9.29. The molecule has 0 saturated carbocycles. The number of amides is 2. The fourth-order valence-electron chi connectivity index (χ4n) is 2.80. The fraction of sp³-hybridized carbons (Fsp3) is 0.250. The Bertz CT molecular complexity index is 1030. The molecule has 1 aliphatic rings. The summed E-state index contributed by atoms with van der Waals surface area (Å²) in [4.78, 5) is 23.5. The summed E-state index contributed by atoms with van der Waals surface area (Å²) >= 11 is 1.06. The van der Waals surface area contributed by atoms with Gasteiger partial charge in [0.2, 0.25) is 0 Å². The SMILES string of the molecule is COc1ccc(C2=NN(Cc3cccc(NC(=O)C(F)(F)F)c3)C(=O)SC2)cc1OC. The van der Waals surface area contributed by atoms with Crippen LogP contribution in [0.25, 0.3) is 0 Å². The summed E-state index contributed by atoms with van der Waals surface area (Å²) in [5.74, 6) is -0.639. The van der Waals surface area contributed by atoms with Gasteiger partial charge in [-0.15, -0.1) is 0 Å². The van der Waals surface area contributed by atoms with E-state index in [1.807, 2.05) is 0 Å². The molecule has 0 saturated heterocycles. The largest absolute Gasteiger partial charge is 0.493 e. The monoisotopic (exact) mass is 453 g/mol. The molecule has 31 heavy (non-hydrogen) atoms. The van der Waals surface area contributed by atoms with Crippen LogP contribution in [0.4, 0.5) is 23.7 Å². The summed E-state index contributed by atoms with van der Waals surface area (Å²) < 4.78 is 47.9. The molecule has 2 aromatic carbocycles. The minimum absolute atomic E-state index is 0.0261. The van der Waals surface area contributed by atoms with Crippen LogP contribution in [0, 0.1) is 0 Å². The zero-order chi connectivity index (χ0) is 22.6. The number of anilines is 1. The van der Waals surface area contributed by atoms with Crippen molar-refractivity contribution in [3.05, 3.63) is 53.6 Å². The molecule has 0 spiro atoms. The lowest BCUT2D eigenvalue weighted by molar-refractivity contribution is -0.167. The third kappa shape index (κ3) is 5.48. The van der Waals surface area contributed by atoms with Gasteiger partial charge in [-0.25, -0.2) is 5.01 Å². The zero-order valence-electron chi connectivity index (χ0n) is 16.5. The molecule has 2 amide bonds. The number of thioether (sulfide) groups is 1. The molecule has 3 rings (SSSR count). The minimum atomic E-state index is -4.99. The van der Waals surface area contributed by atoms with Crippen molar-refractivity contribution in [1.82, 2.24) is 5.01 Å². The summed E-state index contributed by atoms with van der Waals surface area (Å²) in [5, 5.41) is 7.13. The van der Waals surface area contributed by atoms with Crippen LogP contribution in [0.3, 0.4) is 0 Å². The second-order valence-electron chi connectivity index (χ2n) is 6.38. The smallest absolute Gasteiger partial charge is 0.471 e. The number of nitrogens with one attached hydrogen (secondary N) is 1. The molecule has 0 radical (unpaired) electrons. The molecule has 0 unspecified atom stereocenters. The Hall–Kier alpha value is -3.21. The highest BCUT2D eigenvalue weighted by Crippen LogP contribution is 2.30. The minimum Gasteiger partial charge on any atom is -0.493 e. The van der Waals surface area contributed by atoms with Crippen molar-refractivity contribution in [1.29, 1.82) is 0 Å². The molecule has 2 aromatic rings. The number of halogens is 3. The number of ether oxygens (including phenoxy) is 2. The maximum atomic E-state index is 12.5. The van der Waals surface area contributed by atoms with Crippen LogP contribution >= 0.6 is 11.8 Å². The van der Waals surface area contributed by atoms with Crippen LogP contribution in [0.1, 0.15) is 11.1 Å². The molecule has 0 aliphatic carbocycles. The van der Waals surface area contributed by atoms with Gasteiger partial charge in [0.1, 0.15) is 0 Å². The first-order chi connectivity index (χ1) is 14.7. The molecule has 0 fully saturated rings. The average Bonchev–Trinajstić information content (AvgIpc) is 2.74. The van der Waals surface area contributed by atoms with Gasteiger partial charge < -0.3 is 14.8 Å². The Kier molecular flexibility index (Phi) is 6.74. The number of alkyl halides is 3. The standard InChI is InChI=1S/C20H18F3N3O4S/c1-29-16-7-6-13(9-17(16)30-2)15-11-31-19(28)26(25-15)10-12-4-3-5-14(8-12)24-18(27)20(21,22)23/h3-9H,10-11H2,1-2H3,(H,24,27). The lowest BCUT2D eigenvalue weighted by Gasteiger charge is -2.23. The van der Waals surface area contributed by atoms with Crippen LogP contribution in [0.15, 0.2) is 47.6 Å². The van der Waals surface area contributed by atoms with Gasteiger partial charge in [0, 0.05) is 17.0 Å². The summed E-state index contributed by atoms with van der Waals surface area (Å²) in [7, 11) is 3.04. The molecule has 0 aromatic heterocycles. The highest BCUT2D eigenvalue weighted by atomic mass is 32.2. The van der Waals surface area contributed by atoms with E-state index in [1.54, 1.807) is 29.6 Å². The van der Waals surface area contributed by atoms with Gasteiger partial charge in [0.15, 0.2) is 11.5 Å². The van der Waals surface area contributed by atoms with Crippen molar-refractivity contribution < 1.29 is 32.2 Å². The summed E-state index contributed by atoms with van der Waals surface area (Å²) in [6.45, 7) is 0.0261. The first-order valence-electron chi connectivity index (χ1n) is 8.92. The van der Waals surface area contributed by atoms with E-state index in [0.29, 0.717) is 28.5 Å². The quantitative estimate of drug-likeness (QED) is 0.706. The van der Waals surface area contributed by atoms with Crippen LogP contribution < -0.4 is 14.8 Å². The third-order valence-electron chi connectivity index (χ3n) is 4.28. The van der Waals surface area contributed by atoms with Crippen molar-refractivity contribution in [2.24, 2.45) is 5.10 Å². The molecule has 1 aliphatic heterocycles. The Balaban J connectivity index is 1.81. The Morgan fingerprint density at radius 3 is 2.58 bits per heavy atom. The van der Waals surface area contributed by atoms with E-state index >= 15 is 0 Å². The molecule has 164 valence electrons. The van der Waals surface area contributed by atoms with Gasteiger partial charge in [0.25, 0.3) is 0 Å². The number of benzene rings is 2. The Morgan fingerprint density at radius 1 is 1.16 bits per heavy atom. The fourth-order valence-corrected chi connectivity index (χ4v) is 3.54. The highest BCUT2D eigenvalue weighted by molar-refractivity contribution is 8.14.